The maximum Gasteiger partial charge on any atom is 0.287 e. The van der Waals surface area contributed by atoms with E-state index >= 15 is 0 Å². The molecule has 0 saturated carbocycles. The van der Waals surface area contributed by atoms with Crippen molar-refractivity contribution in [2.24, 2.45) is 11.0 Å². The van der Waals surface area contributed by atoms with Gasteiger partial charge in [0.15, 0.2) is 0 Å². The van der Waals surface area contributed by atoms with Crippen molar-refractivity contribution in [1.29, 1.82) is 0 Å². The summed E-state index contributed by atoms with van der Waals surface area (Å²) in [6, 6.07) is 0. The van der Waals surface area contributed by atoms with Crippen LogP contribution in [0.25, 0.3) is 0 Å². The van der Waals surface area contributed by atoms with E-state index in [0.717, 1.165) is 6.26 Å². The van der Waals surface area contributed by atoms with Crippen LogP contribution in [-0.4, -0.2) is 14.7 Å². The van der Waals surface area contributed by atoms with E-state index in [1.54, 1.807) is 4.49 Å². The molecule has 8 heteroatoms. The Morgan fingerprint density at radius 2 is 1.78 bits per heavy atom. The molecule has 0 saturated heterocycles. The first-order chi connectivity index (χ1) is 3.71. The Morgan fingerprint density at radius 1 is 1.44 bits per heavy atom. The first-order valence-electron chi connectivity index (χ1n) is 1.87. The Bertz CT molecular complexity index is 225. The van der Waals surface area contributed by atoms with E-state index in [4.69, 9.17) is 0 Å². The van der Waals surface area contributed by atoms with Crippen LogP contribution >= 0.6 is 7.59 Å². The summed E-state index contributed by atoms with van der Waals surface area (Å²) in [6.45, 7) is 0. The van der Waals surface area contributed by atoms with E-state index in [2.05, 4.69) is 11.0 Å². The van der Waals surface area contributed by atoms with Gasteiger partial charge in [0.2, 0.25) is 10.0 Å². The van der Waals surface area contributed by atoms with E-state index < -0.39 is 17.6 Å². The number of rotatable bonds is 2. The van der Waals surface area contributed by atoms with Crippen LogP contribution in [0.3, 0.4) is 0 Å². The van der Waals surface area contributed by atoms with Crippen LogP contribution in [0, 0.1) is 0 Å². The summed E-state index contributed by atoms with van der Waals surface area (Å²) >= 11 is 0. The smallest absolute Gasteiger partial charge is 0.270 e. The zero-order valence-corrected chi connectivity index (χ0v) is 6.45. The van der Waals surface area contributed by atoms with E-state index in [0.29, 0.717) is 0 Å². The van der Waals surface area contributed by atoms with Crippen molar-refractivity contribution in [1.82, 2.24) is 4.49 Å². The summed E-state index contributed by atoms with van der Waals surface area (Å²) in [4.78, 5) is 0. The molecule has 0 aliphatic rings. The average molecular weight is 173 g/mol. The van der Waals surface area contributed by atoms with Gasteiger partial charge in [-0.05, 0) is 0 Å². The summed E-state index contributed by atoms with van der Waals surface area (Å²) < 4.78 is 32.2. The predicted molar refractivity (Wildman–Crippen MR) is 34.0 cm³/mol. The van der Waals surface area contributed by atoms with Gasteiger partial charge in [-0.2, -0.15) is 0 Å². The normalized spacial score (nSPS) is 13.7. The quantitative estimate of drug-likeness (QED) is 0.442. The van der Waals surface area contributed by atoms with Gasteiger partial charge in [-0.15, -0.1) is 4.49 Å². The van der Waals surface area contributed by atoms with E-state index in [9.17, 15) is 13.0 Å². The number of sulfonamides is 1. The Kier molecular flexibility index (Phi) is 2.37. The predicted octanol–water partition coefficient (Wildman–Crippen LogP) is -1.44. The minimum Gasteiger partial charge on any atom is -0.270 e. The van der Waals surface area contributed by atoms with Crippen molar-refractivity contribution < 1.29 is 13.0 Å². The van der Waals surface area contributed by atoms with Crippen LogP contribution in [0.5, 0.6) is 0 Å². The fourth-order valence-electron chi connectivity index (χ4n) is 0.259. The van der Waals surface area contributed by atoms with Crippen LogP contribution < -0.4 is 15.5 Å². The van der Waals surface area contributed by atoms with Crippen LogP contribution in [0.15, 0.2) is 0 Å². The fourth-order valence-corrected chi connectivity index (χ4v) is 2.33. The van der Waals surface area contributed by atoms with Crippen molar-refractivity contribution in [3.8, 4) is 0 Å². The fraction of sp³-hybridized carbons (Fsp3) is 1.00. The molecular weight excluding hydrogens is 165 g/mol. The van der Waals surface area contributed by atoms with Gasteiger partial charge >= 0.3 is 0 Å². The molecule has 0 bridgehead atoms. The second-order valence-corrected chi connectivity index (χ2v) is 5.27. The molecule has 0 amide bonds. The molecule has 0 radical (unpaired) electrons. The lowest BCUT2D eigenvalue weighted by Crippen LogP contribution is -2.27. The molecule has 0 aromatic rings. The van der Waals surface area contributed by atoms with Crippen LogP contribution in [0.1, 0.15) is 0 Å². The molecule has 5 N–H and O–H groups in total. The highest BCUT2D eigenvalue weighted by Crippen LogP contribution is 2.18. The van der Waals surface area contributed by atoms with Gasteiger partial charge in [0.1, 0.15) is 0 Å². The molecule has 6 nitrogen and oxygen atoms in total. The molecule has 0 heterocycles. The zero-order valence-electron chi connectivity index (χ0n) is 4.73. The van der Waals surface area contributed by atoms with Gasteiger partial charge < -0.3 is 0 Å². The Balaban J connectivity index is 4.26. The standard InChI is InChI=1S/CH8N3O3PS/c1-9(6,7)4-8(2,3)5/h1H3,(H5,2,3,4,5). The third kappa shape index (κ3) is 8.06. The van der Waals surface area contributed by atoms with Crippen LogP contribution in [0.2, 0.25) is 0 Å². The number of nitrogens with one attached hydrogen (secondary N) is 1. The zero-order chi connectivity index (χ0) is 7.71. The van der Waals surface area contributed by atoms with Crippen molar-refractivity contribution in [2.45, 2.75) is 0 Å². The van der Waals surface area contributed by atoms with E-state index in [1.807, 2.05) is 0 Å². The molecule has 0 spiro atoms. The number of hydrogen-bond donors (Lipinski definition) is 3. The lowest BCUT2D eigenvalue weighted by Gasteiger charge is -2.04. The molecule has 0 aromatic heterocycles. The van der Waals surface area contributed by atoms with Gasteiger partial charge in [0, 0.05) is 0 Å². The summed E-state index contributed by atoms with van der Waals surface area (Å²) in [6.07, 6.45) is 0.819. The Morgan fingerprint density at radius 3 is 1.78 bits per heavy atom. The number of nitrogens with two attached hydrogens (primary N) is 2. The SMILES string of the molecule is CS(=O)(=O)NP(N)(N)=O. The molecule has 0 aromatic carbocycles. The molecule has 9 heavy (non-hydrogen) atoms. The topological polar surface area (TPSA) is 115 Å². The van der Waals surface area contributed by atoms with Gasteiger partial charge in [0.25, 0.3) is 7.59 Å². The third-order valence-corrected chi connectivity index (χ3v) is 2.78. The molecule has 0 aliphatic carbocycles. The molecule has 0 rings (SSSR count). The number of hydrogen-bond acceptors (Lipinski definition) is 3. The highest BCUT2D eigenvalue weighted by atomic mass is 32.2. The highest BCUT2D eigenvalue weighted by molar-refractivity contribution is 7.94. The second-order valence-electron chi connectivity index (χ2n) is 1.57. The third-order valence-electron chi connectivity index (χ3n) is 0.308. The van der Waals surface area contributed by atoms with Crippen molar-refractivity contribution in [2.75, 3.05) is 6.26 Å². The highest BCUT2D eigenvalue weighted by Gasteiger charge is 2.13. The van der Waals surface area contributed by atoms with Gasteiger partial charge in [-0.1, -0.05) is 0 Å². The van der Waals surface area contributed by atoms with Crippen molar-refractivity contribution in [3.05, 3.63) is 0 Å². The summed E-state index contributed by atoms with van der Waals surface area (Å²) in [5, 5.41) is 0. The van der Waals surface area contributed by atoms with Gasteiger partial charge in [0.05, 0.1) is 6.26 Å². The first-order valence-corrected chi connectivity index (χ1v) is 5.60. The summed E-state index contributed by atoms with van der Waals surface area (Å²) in [5.74, 6) is 0. The minimum absolute atomic E-state index is 0.819. The maximum absolute atomic E-state index is 10.3. The van der Waals surface area contributed by atoms with Crippen LogP contribution in [0.4, 0.5) is 0 Å². The molecule has 0 atom stereocenters. The van der Waals surface area contributed by atoms with Crippen molar-refractivity contribution >= 4 is 17.6 Å². The summed E-state index contributed by atoms with van der Waals surface area (Å²) in [7, 11) is -7.17. The lowest BCUT2D eigenvalue weighted by molar-refractivity contribution is 0.568. The largest absolute Gasteiger partial charge is 0.287 e. The van der Waals surface area contributed by atoms with Gasteiger partial charge in [-0.3, -0.25) is 15.6 Å². The maximum atomic E-state index is 10.3. The lowest BCUT2D eigenvalue weighted by atomic mass is 12.0. The minimum atomic E-state index is -3.63. The summed E-state index contributed by atoms with van der Waals surface area (Å²) in [5.41, 5.74) is 9.33. The second kappa shape index (κ2) is 2.36. The van der Waals surface area contributed by atoms with Gasteiger partial charge in [-0.25, -0.2) is 8.42 Å². The van der Waals surface area contributed by atoms with Crippen molar-refractivity contribution in [3.63, 3.8) is 0 Å². The van der Waals surface area contributed by atoms with E-state index in [1.165, 1.54) is 0 Å². The molecule has 0 aliphatic heterocycles. The first kappa shape index (κ1) is 9.06. The molecule has 0 unspecified atom stereocenters. The Labute approximate surface area is 53.2 Å². The monoisotopic (exact) mass is 173 g/mol. The van der Waals surface area contributed by atoms with E-state index in [-0.39, 0.29) is 0 Å². The Hall–Kier alpha value is 0.0600. The average Bonchev–Trinajstić information content (AvgIpc) is 1.14. The molecule has 56 valence electrons. The van der Waals surface area contributed by atoms with Crippen LogP contribution in [-0.2, 0) is 14.6 Å². The molecular formula is CH8N3O3PS. The molecule has 0 fully saturated rings.